The highest BCUT2D eigenvalue weighted by Gasteiger charge is 2.42. The second kappa shape index (κ2) is 5.29. The summed E-state index contributed by atoms with van der Waals surface area (Å²) in [6, 6.07) is 0.747. The van der Waals surface area contributed by atoms with Crippen LogP contribution in [0.2, 0.25) is 0 Å². The van der Waals surface area contributed by atoms with Gasteiger partial charge in [0.1, 0.15) is 0 Å². The van der Waals surface area contributed by atoms with Crippen LogP contribution in [-0.4, -0.2) is 47.3 Å². The van der Waals surface area contributed by atoms with Crippen molar-refractivity contribution in [2.45, 2.75) is 58.0 Å². The molecule has 1 aliphatic carbocycles. The highest BCUT2D eigenvalue weighted by atomic mass is 16.2. The highest BCUT2D eigenvalue weighted by Crippen LogP contribution is 2.33. The average Bonchev–Trinajstić information content (AvgIpc) is 3.13. The lowest BCUT2D eigenvalue weighted by Gasteiger charge is -2.28. The molecule has 2 fully saturated rings. The zero-order chi connectivity index (χ0) is 13.3. The first-order chi connectivity index (χ1) is 8.58. The third-order valence-electron chi connectivity index (χ3n) is 4.33. The number of amides is 2. The molecule has 18 heavy (non-hydrogen) atoms. The van der Waals surface area contributed by atoms with Crippen LogP contribution in [0.25, 0.3) is 0 Å². The van der Waals surface area contributed by atoms with E-state index >= 15 is 0 Å². The number of rotatable bonds is 5. The molecule has 1 atom stereocenters. The monoisotopic (exact) mass is 252 g/mol. The van der Waals surface area contributed by atoms with E-state index in [2.05, 4.69) is 13.8 Å². The second-order valence-corrected chi connectivity index (χ2v) is 5.60. The van der Waals surface area contributed by atoms with Gasteiger partial charge in [0.15, 0.2) is 0 Å². The van der Waals surface area contributed by atoms with Crippen molar-refractivity contribution in [2.24, 2.45) is 5.92 Å². The normalized spacial score (nSPS) is 23.9. The lowest BCUT2D eigenvalue weighted by molar-refractivity contribution is -0.136. The summed E-state index contributed by atoms with van der Waals surface area (Å²) in [6.45, 7) is 4.86. The molecule has 1 saturated carbocycles. The molecule has 0 bridgehead atoms. The second-order valence-electron chi connectivity index (χ2n) is 5.60. The van der Waals surface area contributed by atoms with Crippen molar-refractivity contribution in [1.82, 2.24) is 9.80 Å². The zero-order valence-corrected chi connectivity index (χ0v) is 11.7. The predicted octanol–water partition coefficient (Wildman–Crippen LogP) is 1.64. The Bertz CT molecular complexity index is 335. The van der Waals surface area contributed by atoms with Crippen molar-refractivity contribution < 1.29 is 9.59 Å². The van der Waals surface area contributed by atoms with Crippen LogP contribution in [0.1, 0.15) is 46.0 Å². The molecule has 0 spiro atoms. The number of hydrogen-bond donors (Lipinski definition) is 0. The maximum absolute atomic E-state index is 12.4. The smallest absolute Gasteiger partial charge is 0.227 e. The maximum atomic E-state index is 12.4. The number of likely N-dealkylation sites (tertiary alicyclic amines) is 1. The third-order valence-corrected chi connectivity index (χ3v) is 4.33. The van der Waals surface area contributed by atoms with Crippen LogP contribution in [-0.2, 0) is 9.59 Å². The summed E-state index contributed by atoms with van der Waals surface area (Å²) in [4.78, 5) is 28.0. The van der Waals surface area contributed by atoms with Crippen LogP contribution in [0.4, 0.5) is 0 Å². The van der Waals surface area contributed by atoms with Gasteiger partial charge in [0.05, 0.1) is 5.92 Å². The Labute approximate surface area is 109 Å². The van der Waals surface area contributed by atoms with Gasteiger partial charge in [-0.2, -0.15) is 0 Å². The Kier molecular flexibility index (Phi) is 3.93. The van der Waals surface area contributed by atoms with Crippen molar-refractivity contribution in [3.05, 3.63) is 0 Å². The Morgan fingerprint density at radius 1 is 1.39 bits per heavy atom. The van der Waals surface area contributed by atoms with Gasteiger partial charge in [-0.3, -0.25) is 9.59 Å². The molecule has 102 valence electrons. The van der Waals surface area contributed by atoms with E-state index in [0.29, 0.717) is 25.0 Å². The standard InChI is InChI=1S/C14H24N2O2/c1-4-11(5-2)15(3)14(18)10-8-13(17)16(9-10)12-6-7-12/h10-12H,4-9H2,1-3H3/t10-/m1/s1. The van der Waals surface area contributed by atoms with Crippen molar-refractivity contribution in [3.63, 3.8) is 0 Å². The number of nitrogens with zero attached hydrogens (tertiary/aromatic N) is 2. The SMILES string of the molecule is CCC(CC)N(C)C(=O)[C@@H]1CC(=O)N(C2CC2)C1. The van der Waals surface area contributed by atoms with E-state index in [4.69, 9.17) is 0 Å². The van der Waals surface area contributed by atoms with Gasteiger partial charge < -0.3 is 9.80 Å². The summed E-state index contributed by atoms with van der Waals surface area (Å²) < 4.78 is 0. The summed E-state index contributed by atoms with van der Waals surface area (Å²) in [5.41, 5.74) is 0. The predicted molar refractivity (Wildman–Crippen MR) is 70.0 cm³/mol. The molecule has 1 saturated heterocycles. The minimum atomic E-state index is -0.108. The Morgan fingerprint density at radius 2 is 2.00 bits per heavy atom. The Balaban J connectivity index is 1.95. The van der Waals surface area contributed by atoms with Crippen LogP contribution in [0.5, 0.6) is 0 Å². The molecule has 0 N–H and O–H groups in total. The maximum Gasteiger partial charge on any atom is 0.227 e. The molecule has 2 amide bonds. The third kappa shape index (κ3) is 2.52. The Hall–Kier alpha value is -1.06. The van der Waals surface area contributed by atoms with E-state index in [0.717, 1.165) is 25.7 Å². The van der Waals surface area contributed by atoms with Crippen LogP contribution in [0, 0.1) is 5.92 Å². The van der Waals surface area contributed by atoms with Crippen molar-refractivity contribution >= 4 is 11.8 Å². The highest BCUT2D eigenvalue weighted by molar-refractivity contribution is 5.89. The topological polar surface area (TPSA) is 40.6 Å². The van der Waals surface area contributed by atoms with Gasteiger partial charge in [0, 0.05) is 32.1 Å². The summed E-state index contributed by atoms with van der Waals surface area (Å²) in [5, 5.41) is 0. The molecule has 0 radical (unpaired) electrons. The van der Waals surface area contributed by atoms with E-state index in [-0.39, 0.29) is 17.7 Å². The molecule has 0 aromatic carbocycles. The lowest BCUT2D eigenvalue weighted by atomic mass is 10.0. The van der Waals surface area contributed by atoms with Gasteiger partial charge >= 0.3 is 0 Å². The molecule has 0 unspecified atom stereocenters. The molecule has 0 aromatic rings. The number of hydrogen-bond acceptors (Lipinski definition) is 2. The van der Waals surface area contributed by atoms with Gasteiger partial charge in [-0.05, 0) is 25.7 Å². The minimum absolute atomic E-state index is 0.108. The van der Waals surface area contributed by atoms with Gasteiger partial charge in [0.25, 0.3) is 0 Å². The zero-order valence-electron chi connectivity index (χ0n) is 11.7. The van der Waals surface area contributed by atoms with E-state index in [1.54, 1.807) is 0 Å². The van der Waals surface area contributed by atoms with Crippen molar-refractivity contribution in [3.8, 4) is 0 Å². The number of carbonyl (C=O) groups excluding carboxylic acids is 2. The van der Waals surface area contributed by atoms with Gasteiger partial charge in [0.2, 0.25) is 11.8 Å². The average molecular weight is 252 g/mol. The van der Waals surface area contributed by atoms with Crippen molar-refractivity contribution in [1.29, 1.82) is 0 Å². The fraction of sp³-hybridized carbons (Fsp3) is 0.857. The van der Waals surface area contributed by atoms with Crippen LogP contribution in [0.15, 0.2) is 0 Å². The number of carbonyl (C=O) groups is 2. The molecule has 4 nitrogen and oxygen atoms in total. The summed E-state index contributed by atoms with van der Waals surface area (Å²) >= 11 is 0. The fourth-order valence-electron chi connectivity index (χ4n) is 2.94. The van der Waals surface area contributed by atoms with E-state index in [9.17, 15) is 9.59 Å². The van der Waals surface area contributed by atoms with Crippen molar-refractivity contribution in [2.75, 3.05) is 13.6 Å². The first-order valence-corrected chi connectivity index (χ1v) is 7.14. The van der Waals surface area contributed by atoms with E-state index in [1.807, 2.05) is 16.8 Å². The van der Waals surface area contributed by atoms with E-state index < -0.39 is 0 Å². The van der Waals surface area contributed by atoms with Crippen LogP contribution < -0.4 is 0 Å². The summed E-state index contributed by atoms with van der Waals surface area (Å²) in [7, 11) is 1.88. The lowest BCUT2D eigenvalue weighted by Crippen LogP contribution is -2.41. The van der Waals surface area contributed by atoms with Gasteiger partial charge in [-0.25, -0.2) is 0 Å². The van der Waals surface area contributed by atoms with Crippen LogP contribution >= 0.6 is 0 Å². The first-order valence-electron chi connectivity index (χ1n) is 7.14. The first kappa shape index (κ1) is 13.4. The molecule has 2 aliphatic rings. The molecule has 4 heteroatoms. The van der Waals surface area contributed by atoms with E-state index in [1.165, 1.54) is 0 Å². The quantitative estimate of drug-likeness (QED) is 0.746. The molecular weight excluding hydrogens is 228 g/mol. The molecule has 1 aliphatic heterocycles. The Morgan fingerprint density at radius 3 is 2.50 bits per heavy atom. The molecule has 2 rings (SSSR count). The minimum Gasteiger partial charge on any atom is -0.342 e. The van der Waals surface area contributed by atoms with Gasteiger partial charge in [-0.1, -0.05) is 13.8 Å². The van der Waals surface area contributed by atoms with Gasteiger partial charge in [-0.15, -0.1) is 0 Å². The molecule has 0 aromatic heterocycles. The van der Waals surface area contributed by atoms with Crippen LogP contribution in [0.3, 0.4) is 0 Å². The fourth-order valence-corrected chi connectivity index (χ4v) is 2.94. The molecule has 1 heterocycles. The largest absolute Gasteiger partial charge is 0.342 e. The summed E-state index contributed by atoms with van der Waals surface area (Å²) in [5.74, 6) is 0.220. The molecular formula is C14H24N2O2. The summed E-state index contributed by atoms with van der Waals surface area (Å²) in [6.07, 6.45) is 4.61.